The normalized spacial score (nSPS) is 7.30. The number of nitrogens with one attached hydrogen (secondary N) is 2. The first-order valence-corrected chi connectivity index (χ1v) is 2.87. The van der Waals surface area contributed by atoms with Crippen LogP contribution in [0, 0.1) is 0 Å². The van der Waals surface area contributed by atoms with E-state index in [-0.39, 0.29) is 5.11 Å². The van der Waals surface area contributed by atoms with Gasteiger partial charge in [-0.15, -0.1) is 0 Å². The smallest absolute Gasteiger partial charge is 0.177 e. The number of aromatic amines is 1. The molecule has 0 saturated heterocycles. The Morgan fingerprint density at radius 2 is 2.30 bits per heavy atom. The maximum atomic E-state index is 4.79. The lowest BCUT2D eigenvalue weighted by molar-refractivity contribution is 1.03. The monoisotopic (exact) mass is 159 g/mol. The molecule has 0 spiro atoms. The van der Waals surface area contributed by atoms with E-state index in [1.54, 1.807) is 18.7 Å². The zero-order valence-electron chi connectivity index (χ0n) is 5.24. The minimum Gasteiger partial charge on any atom is -0.375 e. The van der Waals surface area contributed by atoms with Crippen LogP contribution in [0.25, 0.3) is 0 Å². The molecule has 0 bridgehead atoms. The van der Waals surface area contributed by atoms with E-state index in [4.69, 9.17) is 5.73 Å². The number of nitrogens with zero attached hydrogens (tertiary/aromatic N) is 1. The largest absolute Gasteiger partial charge is 0.375 e. The quantitative estimate of drug-likeness (QED) is 0.224. The summed E-state index contributed by atoms with van der Waals surface area (Å²) in [6.45, 7) is 0. The Labute approximate surface area is 63.8 Å². The third kappa shape index (κ3) is 6.86. The molecule has 0 atom stereocenters. The Morgan fingerprint density at radius 1 is 1.70 bits per heavy atom. The van der Waals surface area contributed by atoms with Gasteiger partial charge in [0.25, 0.3) is 0 Å². The molecule has 0 amide bonds. The lowest BCUT2D eigenvalue weighted by Gasteiger charge is -1.85. The van der Waals surface area contributed by atoms with Crippen LogP contribution in [0.15, 0.2) is 18.7 Å². The molecule has 0 aromatic carbocycles. The number of aromatic nitrogens is 2. The lowest BCUT2D eigenvalue weighted by atomic mass is 11.0. The van der Waals surface area contributed by atoms with Crippen molar-refractivity contribution in [1.29, 1.82) is 0 Å². The van der Waals surface area contributed by atoms with Crippen molar-refractivity contribution >= 4 is 17.3 Å². The average Bonchev–Trinajstić information content (AvgIpc) is 2.43. The molecule has 0 fully saturated rings. The molecule has 10 heavy (non-hydrogen) atoms. The standard InChI is InChI=1S/C3H4N2.CH5N3S/c1-2-5-3-4-1;2-1(5)4-3/h1-3H,(H,4,5);3H2,(H3,2,4,5). The Balaban J connectivity index is 0.000000162. The van der Waals surface area contributed by atoms with E-state index in [9.17, 15) is 0 Å². The van der Waals surface area contributed by atoms with Gasteiger partial charge in [0.05, 0.1) is 6.33 Å². The van der Waals surface area contributed by atoms with Crippen LogP contribution in [0.5, 0.6) is 0 Å². The molecular weight excluding hydrogens is 150 g/mol. The fourth-order valence-corrected chi connectivity index (χ4v) is 0.215. The summed E-state index contributed by atoms with van der Waals surface area (Å²) < 4.78 is 0. The van der Waals surface area contributed by atoms with E-state index in [1.807, 2.05) is 5.43 Å². The molecule has 6 heteroatoms. The Hall–Kier alpha value is -1.14. The summed E-state index contributed by atoms with van der Waals surface area (Å²) in [7, 11) is 0. The number of rotatable bonds is 0. The van der Waals surface area contributed by atoms with Gasteiger partial charge in [-0.3, -0.25) is 0 Å². The van der Waals surface area contributed by atoms with Crippen LogP contribution in [-0.4, -0.2) is 15.1 Å². The van der Waals surface area contributed by atoms with Gasteiger partial charge in [0.2, 0.25) is 0 Å². The number of hydrazine groups is 1. The number of hydrogen-bond donors (Lipinski definition) is 4. The minimum atomic E-state index is 0.116. The second-order valence-corrected chi connectivity index (χ2v) is 1.71. The molecular formula is C4H9N5S. The summed E-state index contributed by atoms with van der Waals surface area (Å²) in [5.74, 6) is 4.66. The Bertz CT molecular complexity index is 143. The van der Waals surface area contributed by atoms with Gasteiger partial charge in [0.15, 0.2) is 5.11 Å². The fraction of sp³-hybridized carbons (Fsp3) is 0. The summed E-state index contributed by atoms with van der Waals surface area (Å²) in [4.78, 5) is 6.42. The molecule has 1 aromatic heterocycles. The number of thiocarbonyl (C=S) groups is 1. The van der Waals surface area contributed by atoms with Crippen LogP contribution < -0.4 is 17.0 Å². The van der Waals surface area contributed by atoms with Gasteiger partial charge in [-0.2, -0.15) is 0 Å². The Morgan fingerprint density at radius 3 is 2.40 bits per heavy atom. The van der Waals surface area contributed by atoms with Crippen LogP contribution >= 0.6 is 12.2 Å². The third-order valence-corrected chi connectivity index (χ3v) is 0.666. The second-order valence-electron chi connectivity index (χ2n) is 1.27. The highest BCUT2D eigenvalue weighted by molar-refractivity contribution is 7.80. The maximum Gasteiger partial charge on any atom is 0.177 e. The third-order valence-electron chi connectivity index (χ3n) is 0.548. The number of nitrogens with two attached hydrogens (primary N) is 2. The number of H-pyrrole nitrogens is 1. The molecule has 0 aliphatic heterocycles. The zero-order chi connectivity index (χ0) is 7.82. The van der Waals surface area contributed by atoms with Gasteiger partial charge >= 0.3 is 0 Å². The highest BCUT2D eigenvalue weighted by Crippen LogP contribution is 1.62. The van der Waals surface area contributed by atoms with E-state index in [0.717, 1.165) is 0 Å². The van der Waals surface area contributed by atoms with E-state index < -0.39 is 0 Å². The fourth-order valence-electron chi connectivity index (χ4n) is 0.215. The van der Waals surface area contributed by atoms with E-state index in [2.05, 4.69) is 28.0 Å². The summed E-state index contributed by atoms with van der Waals surface area (Å²) in [5.41, 5.74) is 6.82. The van der Waals surface area contributed by atoms with Crippen LogP contribution in [-0.2, 0) is 0 Å². The van der Waals surface area contributed by atoms with Crippen molar-refractivity contribution in [3.05, 3.63) is 18.7 Å². The van der Waals surface area contributed by atoms with E-state index in [1.165, 1.54) is 0 Å². The van der Waals surface area contributed by atoms with Crippen LogP contribution in [0.2, 0.25) is 0 Å². The first kappa shape index (κ1) is 8.86. The molecule has 0 saturated carbocycles. The van der Waals surface area contributed by atoms with Crippen molar-refractivity contribution in [3.63, 3.8) is 0 Å². The molecule has 0 radical (unpaired) electrons. The van der Waals surface area contributed by atoms with Crippen molar-refractivity contribution in [2.45, 2.75) is 0 Å². The van der Waals surface area contributed by atoms with Crippen LogP contribution in [0.3, 0.4) is 0 Å². The molecule has 0 unspecified atom stereocenters. The molecule has 6 N–H and O–H groups in total. The minimum absolute atomic E-state index is 0.116. The van der Waals surface area contributed by atoms with E-state index in [0.29, 0.717) is 0 Å². The van der Waals surface area contributed by atoms with Gasteiger partial charge in [0, 0.05) is 12.4 Å². The predicted molar refractivity (Wildman–Crippen MR) is 42.7 cm³/mol. The summed E-state index contributed by atoms with van der Waals surface area (Å²) in [5, 5.41) is 0.116. The molecule has 1 aromatic rings. The molecule has 1 heterocycles. The van der Waals surface area contributed by atoms with Crippen molar-refractivity contribution in [2.75, 3.05) is 0 Å². The van der Waals surface area contributed by atoms with Gasteiger partial charge < -0.3 is 16.1 Å². The average molecular weight is 159 g/mol. The Kier molecular flexibility index (Phi) is 5.30. The van der Waals surface area contributed by atoms with Gasteiger partial charge in [-0.05, 0) is 12.2 Å². The van der Waals surface area contributed by atoms with E-state index >= 15 is 0 Å². The highest BCUT2D eigenvalue weighted by Gasteiger charge is 1.66. The SMILES string of the molecule is NNC(N)=S.c1c[nH]cn1. The van der Waals surface area contributed by atoms with Crippen LogP contribution in [0.4, 0.5) is 0 Å². The van der Waals surface area contributed by atoms with Crippen LogP contribution in [0.1, 0.15) is 0 Å². The van der Waals surface area contributed by atoms with Gasteiger partial charge in [-0.25, -0.2) is 10.8 Å². The maximum absolute atomic E-state index is 4.79. The predicted octanol–water partition coefficient (Wildman–Crippen LogP) is -0.897. The number of hydrogen-bond acceptors (Lipinski definition) is 3. The molecule has 5 nitrogen and oxygen atoms in total. The summed E-state index contributed by atoms with van der Waals surface area (Å²) >= 11 is 4.24. The zero-order valence-corrected chi connectivity index (χ0v) is 6.06. The van der Waals surface area contributed by atoms with Crippen molar-refractivity contribution in [2.24, 2.45) is 11.6 Å². The van der Waals surface area contributed by atoms with Crippen molar-refractivity contribution in [1.82, 2.24) is 15.4 Å². The molecule has 56 valence electrons. The van der Waals surface area contributed by atoms with Gasteiger partial charge in [0.1, 0.15) is 0 Å². The first-order chi connectivity index (χ1) is 4.77. The van der Waals surface area contributed by atoms with Crippen molar-refractivity contribution in [3.8, 4) is 0 Å². The summed E-state index contributed by atoms with van der Waals surface area (Å²) in [6, 6.07) is 0. The highest BCUT2D eigenvalue weighted by atomic mass is 32.1. The molecule has 0 aliphatic carbocycles. The second kappa shape index (κ2) is 5.99. The number of imidazole rings is 1. The lowest BCUT2D eigenvalue weighted by Crippen LogP contribution is -2.34. The van der Waals surface area contributed by atoms with Gasteiger partial charge in [-0.1, -0.05) is 0 Å². The first-order valence-electron chi connectivity index (χ1n) is 2.46. The molecule has 0 aliphatic rings. The summed E-state index contributed by atoms with van der Waals surface area (Å²) in [6.07, 6.45) is 5.08. The molecule has 1 rings (SSSR count). The topological polar surface area (TPSA) is 92.7 Å². The van der Waals surface area contributed by atoms with Crippen molar-refractivity contribution < 1.29 is 0 Å².